The first-order chi connectivity index (χ1) is 9.63. The van der Waals surface area contributed by atoms with Crippen molar-refractivity contribution in [1.82, 2.24) is 5.32 Å². The van der Waals surface area contributed by atoms with Gasteiger partial charge in [-0.05, 0) is 32.6 Å². The number of aliphatic hydroxyl groups excluding tert-OH is 1. The van der Waals surface area contributed by atoms with Crippen molar-refractivity contribution in [2.75, 3.05) is 0 Å². The maximum atomic E-state index is 11.1. The topological polar surface area (TPSA) is 49.3 Å². The molecule has 0 saturated carbocycles. The molecule has 1 heterocycles. The van der Waals surface area contributed by atoms with Crippen molar-refractivity contribution >= 4 is 5.78 Å². The highest BCUT2D eigenvalue weighted by molar-refractivity contribution is 5.77. The molecule has 0 bridgehead atoms. The molecule has 0 aliphatic carbocycles. The highest BCUT2D eigenvalue weighted by Gasteiger charge is 2.24. The second kappa shape index (κ2) is 10.3. The highest BCUT2D eigenvalue weighted by Crippen LogP contribution is 2.18. The van der Waals surface area contributed by atoms with Crippen LogP contribution in [0, 0.1) is 0 Å². The van der Waals surface area contributed by atoms with E-state index in [2.05, 4.69) is 12.2 Å². The molecule has 3 unspecified atom stereocenters. The summed E-state index contributed by atoms with van der Waals surface area (Å²) in [5.74, 6) is 0.407. The second-order valence-electron chi connectivity index (χ2n) is 6.35. The summed E-state index contributed by atoms with van der Waals surface area (Å²) in [7, 11) is 0. The van der Waals surface area contributed by atoms with Crippen LogP contribution in [0.3, 0.4) is 0 Å². The van der Waals surface area contributed by atoms with Crippen LogP contribution in [0.4, 0.5) is 0 Å². The van der Waals surface area contributed by atoms with Gasteiger partial charge >= 0.3 is 0 Å². The first-order valence-corrected chi connectivity index (χ1v) is 8.59. The molecule has 0 amide bonds. The van der Waals surface area contributed by atoms with Crippen LogP contribution in [0.25, 0.3) is 0 Å². The van der Waals surface area contributed by atoms with Crippen LogP contribution in [0.1, 0.15) is 84.5 Å². The van der Waals surface area contributed by atoms with Crippen LogP contribution in [0.5, 0.6) is 0 Å². The summed E-state index contributed by atoms with van der Waals surface area (Å²) in [6.07, 6.45) is 12.1. The average molecular weight is 283 g/mol. The van der Waals surface area contributed by atoms with E-state index in [4.69, 9.17) is 0 Å². The molecule has 3 atom stereocenters. The maximum absolute atomic E-state index is 11.1. The molecule has 0 radical (unpaired) electrons. The van der Waals surface area contributed by atoms with E-state index in [0.717, 1.165) is 25.7 Å². The fraction of sp³-hybridized carbons (Fsp3) is 0.941. The lowest BCUT2D eigenvalue weighted by atomic mass is 9.93. The van der Waals surface area contributed by atoms with Crippen molar-refractivity contribution < 1.29 is 9.90 Å². The minimum atomic E-state index is -0.155. The molecule has 1 saturated heterocycles. The number of rotatable bonds is 10. The van der Waals surface area contributed by atoms with Crippen molar-refractivity contribution in [3.05, 3.63) is 0 Å². The summed E-state index contributed by atoms with van der Waals surface area (Å²) in [5.41, 5.74) is 0. The Morgan fingerprint density at radius 2 is 1.75 bits per heavy atom. The number of hydrogen-bond acceptors (Lipinski definition) is 3. The summed E-state index contributed by atoms with van der Waals surface area (Å²) >= 11 is 0. The Balaban J connectivity index is 1.89. The number of aliphatic hydroxyl groups is 1. The normalized spacial score (nSPS) is 26.6. The van der Waals surface area contributed by atoms with Gasteiger partial charge in [0.25, 0.3) is 0 Å². The first kappa shape index (κ1) is 17.6. The summed E-state index contributed by atoms with van der Waals surface area (Å²) in [6.45, 7) is 4.02. The summed E-state index contributed by atoms with van der Waals surface area (Å²) in [6, 6.07) is 0.862. The van der Waals surface area contributed by atoms with Gasteiger partial charge in [0.1, 0.15) is 5.78 Å². The van der Waals surface area contributed by atoms with Crippen LogP contribution in [-0.2, 0) is 4.79 Å². The molecule has 3 nitrogen and oxygen atoms in total. The molecule has 1 rings (SSSR count). The van der Waals surface area contributed by atoms with Crippen LogP contribution in [0.15, 0.2) is 0 Å². The van der Waals surface area contributed by atoms with Crippen molar-refractivity contribution in [2.45, 2.75) is 103 Å². The molecule has 1 aliphatic rings. The number of carbonyl (C=O) groups is 1. The molecule has 20 heavy (non-hydrogen) atoms. The standard InChI is InChI=1S/C17H33NO2/c1-3-16(19)11-9-7-5-4-6-8-10-15-12-13-17(20)14(2)18-15/h14-15,17-18,20H,3-13H2,1-2H3. The van der Waals surface area contributed by atoms with Crippen molar-refractivity contribution in [2.24, 2.45) is 0 Å². The molecule has 2 N–H and O–H groups in total. The third-order valence-corrected chi connectivity index (χ3v) is 4.54. The summed E-state index contributed by atoms with van der Waals surface area (Å²) in [5, 5.41) is 13.2. The zero-order chi connectivity index (χ0) is 14.8. The lowest BCUT2D eigenvalue weighted by Crippen LogP contribution is -2.48. The van der Waals surface area contributed by atoms with Gasteiger partial charge in [-0.2, -0.15) is 0 Å². The summed E-state index contributed by atoms with van der Waals surface area (Å²) in [4.78, 5) is 11.1. The SMILES string of the molecule is CCC(=O)CCCCCCCCC1CCC(O)C(C)N1. The predicted octanol–water partition coefficient (Wildman–Crippen LogP) is 3.59. The molecule has 1 fully saturated rings. The fourth-order valence-electron chi connectivity index (χ4n) is 3.01. The largest absolute Gasteiger partial charge is 0.392 e. The third-order valence-electron chi connectivity index (χ3n) is 4.54. The number of Topliss-reactive ketones (excluding diaryl/α,β-unsaturated/α-hetero) is 1. The van der Waals surface area contributed by atoms with Crippen LogP contribution in [-0.4, -0.2) is 29.1 Å². The number of piperidine rings is 1. The zero-order valence-electron chi connectivity index (χ0n) is 13.4. The number of ketones is 1. The molecule has 3 heteroatoms. The molecule has 0 aromatic heterocycles. The van der Waals surface area contributed by atoms with E-state index in [1.807, 2.05) is 6.92 Å². The smallest absolute Gasteiger partial charge is 0.132 e. The van der Waals surface area contributed by atoms with Crippen LogP contribution >= 0.6 is 0 Å². The first-order valence-electron chi connectivity index (χ1n) is 8.59. The monoisotopic (exact) mass is 283 g/mol. The Morgan fingerprint density at radius 1 is 1.10 bits per heavy atom. The Bertz CT molecular complexity index is 268. The molecular formula is C17H33NO2. The van der Waals surface area contributed by atoms with Gasteiger partial charge in [0.15, 0.2) is 0 Å². The number of nitrogens with one attached hydrogen (secondary N) is 1. The van der Waals surface area contributed by atoms with E-state index in [0.29, 0.717) is 18.2 Å². The Labute approximate surface area is 124 Å². The Morgan fingerprint density at radius 3 is 2.40 bits per heavy atom. The van der Waals surface area contributed by atoms with E-state index < -0.39 is 0 Å². The lowest BCUT2D eigenvalue weighted by molar-refractivity contribution is -0.118. The van der Waals surface area contributed by atoms with Gasteiger partial charge in [-0.25, -0.2) is 0 Å². The van der Waals surface area contributed by atoms with E-state index in [9.17, 15) is 9.90 Å². The molecule has 118 valence electrons. The Kier molecular flexibility index (Phi) is 9.12. The van der Waals surface area contributed by atoms with Gasteiger partial charge in [0.2, 0.25) is 0 Å². The van der Waals surface area contributed by atoms with Gasteiger partial charge in [0, 0.05) is 24.9 Å². The van der Waals surface area contributed by atoms with E-state index in [1.165, 1.54) is 38.5 Å². The van der Waals surface area contributed by atoms with Crippen molar-refractivity contribution in [1.29, 1.82) is 0 Å². The van der Waals surface area contributed by atoms with Crippen LogP contribution in [0.2, 0.25) is 0 Å². The number of carbonyl (C=O) groups excluding carboxylic acids is 1. The number of unbranched alkanes of at least 4 members (excludes halogenated alkanes) is 5. The van der Waals surface area contributed by atoms with E-state index >= 15 is 0 Å². The third kappa shape index (κ3) is 7.39. The number of hydrogen-bond donors (Lipinski definition) is 2. The molecule has 0 aromatic carbocycles. The molecular weight excluding hydrogens is 250 g/mol. The maximum Gasteiger partial charge on any atom is 0.132 e. The zero-order valence-corrected chi connectivity index (χ0v) is 13.4. The second-order valence-corrected chi connectivity index (χ2v) is 6.35. The highest BCUT2D eigenvalue weighted by atomic mass is 16.3. The van der Waals surface area contributed by atoms with Gasteiger partial charge in [-0.15, -0.1) is 0 Å². The average Bonchev–Trinajstić information content (AvgIpc) is 2.45. The van der Waals surface area contributed by atoms with E-state index in [-0.39, 0.29) is 12.1 Å². The summed E-state index contributed by atoms with van der Waals surface area (Å²) < 4.78 is 0. The van der Waals surface area contributed by atoms with Gasteiger partial charge < -0.3 is 10.4 Å². The quantitative estimate of drug-likeness (QED) is 0.602. The van der Waals surface area contributed by atoms with Gasteiger partial charge in [-0.1, -0.05) is 39.0 Å². The lowest BCUT2D eigenvalue weighted by Gasteiger charge is -2.32. The van der Waals surface area contributed by atoms with E-state index in [1.54, 1.807) is 0 Å². The Hall–Kier alpha value is -0.410. The molecule has 0 spiro atoms. The van der Waals surface area contributed by atoms with Gasteiger partial charge in [0.05, 0.1) is 6.10 Å². The molecule has 0 aromatic rings. The molecule has 1 aliphatic heterocycles. The minimum Gasteiger partial charge on any atom is -0.392 e. The van der Waals surface area contributed by atoms with Crippen molar-refractivity contribution in [3.8, 4) is 0 Å². The van der Waals surface area contributed by atoms with Crippen molar-refractivity contribution in [3.63, 3.8) is 0 Å². The van der Waals surface area contributed by atoms with Gasteiger partial charge in [-0.3, -0.25) is 4.79 Å². The fourth-order valence-corrected chi connectivity index (χ4v) is 3.01. The predicted molar refractivity (Wildman–Crippen MR) is 83.9 cm³/mol. The van der Waals surface area contributed by atoms with Crippen LogP contribution < -0.4 is 5.32 Å². The minimum absolute atomic E-state index is 0.155.